The summed E-state index contributed by atoms with van der Waals surface area (Å²) >= 11 is 0. The van der Waals surface area contributed by atoms with E-state index in [1.54, 1.807) is 26.0 Å². The summed E-state index contributed by atoms with van der Waals surface area (Å²) in [6.07, 6.45) is 1.05. The average molecular weight is 335 g/mol. The second kappa shape index (κ2) is 10.4. The standard InChI is InChI=1S/C18H25NO5/c1-4-13-7-9-14(10-8-13)17(21)19-15(18(22)24-6-3)11-12-16(20)23-5-2/h7-10,15H,4-6,11-12H2,1-3H3,(H,19,21). The lowest BCUT2D eigenvalue weighted by atomic mass is 10.1. The van der Waals surface area contributed by atoms with Crippen LogP contribution in [0.3, 0.4) is 0 Å². The fourth-order valence-electron chi connectivity index (χ4n) is 2.12. The van der Waals surface area contributed by atoms with Crippen LogP contribution in [0.1, 0.15) is 49.5 Å². The van der Waals surface area contributed by atoms with Gasteiger partial charge in [-0.1, -0.05) is 19.1 Å². The third kappa shape index (κ3) is 6.40. The van der Waals surface area contributed by atoms with Crippen LogP contribution in [0.4, 0.5) is 0 Å². The SMILES string of the molecule is CCOC(=O)CCC(NC(=O)c1ccc(CC)cc1)C(=O)OCC. The van der Waals surface area contributed by atoms with E-state index in [1.165, 1.54) is 0 Å². The molecule has 0 aliphatic rings. The quantitative estimate of drug-likeness (QED) is 0.700. The molecule has 0 spiro atoms. The van der Waals surface area contributed by atoms with Crippen molar-refractivity contribution in [2.24, 2.45) is 0 Å². The van der Waals surface area contributed by atoms with E-state index >= 15 is 0 Å². The van der Waals surface area contributed by atoms with Crippen molar-refractivity contribution in [2.45, 2.75) is 46.1 Å². The molecule has 0 heterocycles. The average Bonchev–Trinajstić information content (AvgIpc) is 2.58. The Balaban J connectivity index is 2.72. The third-order valence-corrected chi connectivity index (χ3v) is 3.44. The first kappa shape index (κ1) is 19.7. The number of amides is 1. The Morgan fingerprint density at radius 1 is 1.00 bits per heavy atom. The van der Waals surface area contributed by atoms with Crippen molar-refractivity contribution in [1.29, 1.82) is 0 Å². The molecule has 6 heteroatoms. The van der Waals surface area contributed by atoms with Crippen LogP contribution in [0.25, 0.3) is 0 Å². The van der Waals surface area contributed by atoms with Crippen LogP contribution in [0.15, 0.2) is 24.3 Å². The molecule has 1 rings (SSSR count). The number of hydrogen-bond donors (Lipinski definition) is 1. The summed E-state index contributed by atoms with van der Waals surface area (Å²) in [5.41, 5.74) is 1.58. The number of carbonyl (C=O) groups excluding carboxylic acids is 3. The summed E-state index contributed by atoms with van der Waals surface area (Å²) < 4.78 is 9.81. The van der Waals surface area contributed by atoms with Crippen LogP contribution in [-0.4, -0.2) is 37.1 Å². The second-order valence-electron chi connectivity index (χ2n) is 5.17. The molecule has 0 saturated heterocycles. The molecule has 0 aliphatic heterocycles. The smallest absolute Gasteiger partial charge is 0.328 e. The van der Waals surface area contributed by atoms with Gasteiger partial charge in [-0.3, -0.25) is 9.59 Å². The Labute approximate surface area is 142 Å². The highest BCUT2D eigenvalue weighted by molar-refractivity contribution is 5.96. The van der Waals surface area contributed by atoms with Gasteiger partial charge in [-0.2, -0.15) is 0 Å². The molecular weight excluding hydrogens is 310 g/mol. The maximum absolute atomic E-state index is 12.3. The van der Waals surface area contributed by atoms with Gasteiger partial charge in [0.2, 0.25) is 0 Å². The number of ether oxygens (including phenoxy) is 2. The number of nitrogens with one attached hydrogen (secondary N) is 1. The van der Waals surface area contributed by atoms with Crippen molar-refractivity contribution < 1.29 is 23.9 Å². The molecule has 1 aromatic carbocycles. The van der Waals surface area contributed by atoms with Crippen molar-refractivity contribution in [3.63, 3.8) is 0 Å². The molecule has 0 radical (unpaired) electrons. The molecular formula is C18H25NO5. The van der Waals surface area contributed by atoms with Gasteiger partial charge >= 0.3 is 11.9 Å². The van der Waals surface area contributed by atoms with Crippen molar-refractivity contribution in [1.82, 2.24) is 5.32 Å². The van der Waals surface area contributed by atoms with E-state index in [0.717, 1.165) is 12.0 Å². The van der Waals surface area contributed by atoms with Gasteiger partial charge in [0, 0.05) is 12.0 Å². The van der Waals surface area contributed by atoms with E-state index in [1.807, 2.05) is 19.1 Å². The summed E-state index contributed by atoms with van der Waals surface area (Å²) in [6, 6.07) is 6.27. The Morgan fingerprint density at radius 3 is 2.17 bits per heavy atom. The second-order valence-corrected chi connectivity index (χ2v) is 5.17. The number of carbonyl (C=O) groups is 3. The minimum absolute atomic E-state index is 0.0341. The summed E-state index contributed by atoms with van der Waals surface area (Å²) in [6.45, 7) is 5.91. The number of aryl methyl sites for hydroxylation is 1. The van der Waals surface area contributed by atoms with Crippen molar-refractivity contribution >= 4 is 17.8 Å². The molecule has 1 unspecified atom stereocenters. The van der Waals surface area contributed by atoms with Gasteiger partial charge < -0.3 is 14.8 Å². The lowest BCUT2D eigenvalue weighted by Gasteiger charge is -2.17. The Morgan fingerprint density at radius 2 is 1.62 bits per heavy atom. The molecule has 0 bridgehead atoms. The number of esters is 2. The van der Waals surface area contributed by atoms with Crippen LogP contribution in [-0.2, 0) is 25.5 Å². The van der Waals surface area contributed by atoms with E-state index < -0.39 is 18.0 Å². The van der Waals surface area contributed by atoms with Crippen LogP contribution >= 0.6 is 0 Å². The molecule has 1 atom stereocenters. The Bertz CT molecular complexity index is 553. The van der Waals surface area contributed by atoms with Crippen LogP contribution in [0.2, 0.25) is 0 Å². The zero-order chi connectivity index (χ0) is 17.9. The van der Waals surface area contributed by atoms with E-state index in [4.69, 9.17) is 9.47 Å². The molecule has 0 aromatic heterocycles. The molecule has 1 amide bonds. The monoisotopic (exact) mass is 335 g/mol. The predicted octanol–water partition coefficient (Wildman–Crippen LogP) is 2.25. The predicted molar refractivity (Wildman–Crippen MR) is 89.6 cm³/mol. The highest BCUT2D eigenvalue weighted by Gasteiger charge is 2.23. The first-order valence-electron chi connectivity index (χ1n) is 8.23. The molecule has 132 valence electrons. The summed E-state index contributed by atoms with van der Waals surface area (Å²) in [4.78, 5) is 35.8. The topological polar surface area (TPSA) is 81.7 Å². The first-order valence-corrected chi connectivity index (χ1v) is 8.23. The van der Waals surface area contributed by atoms with Gasteiger partial charge in [0.1, 0.15) is 6.04 Å². The largest absolute Gasteiger partial charge is 0.466 e. The molecule has 0 saturated carbocycles. The van der Waals surface area contributed by atoms with Crippen LogP contribution in [0, 0.1) is 0 Å². The van der Waals surface area contributed by atoms with Crippen molar-refractivity contribution in [2.75, 3.05) is 13.2 Å². The van der Waals surface area contributed by atoms with Gasteiger partial charge in [0.05, 0.1) is 13.2 Å². The summed E-state index contributed by atoms with van der Waals surface area (Å²) in [7, 11) is 0. The van der Waals surface area contributed by atoms with E-state index in [2.05, 4.69) is 5.32 Å². The van der Waals surface area contributed by atoms with Gasteiger partial charge in [-0.05, 0) is 44.4 Å². The minimum atomic E-state index is -0.882. The third-order valence-electron chi connectivity index (χ3n) is 3.44. The van der Waals surface area contributed by atoms with Gasteiger partial charge in [-0.25, -0.2) is 4.79 Å². The van der Waals surface area contributed by atoms with Gasteiger partial charge in [-0.15, -0.1) is 0 Å². The summed E-state index contributed by atoms with van der Waals surface area (Å²) in [5.74, 6) is -1.34. The zero-order valence-electron chi connectivity index (χ0n) is 14.5. The zero-order valence-corrected chi connectivity index (χ0v) is 14.5. The highest BCUT2D eigenvalue weighted by Crippen LogP contribution is 2.08. The molecule has 24 heavy (non-hydrogen) atoms. The number of benzene rings is 1. The minimum Gasteiger partial charge on any atom is -0.466 e. The van der Waals surface area contributed by atoms with Gasteiger partial charge in [0.25, 0.3) is 5.91 Å². The molecule has 6 nitrogen and oxygen atoms in total. The number of rotatable bonds is 9. The number of hydrogen-bond acceptors (Lipinski definition) is 5. The van der Waals surface area contributed by atoms with Crippen LogP contribution in [0.5, 0.6) is 0 Å². The van der Waals surface area contributed by atoms with E-state index in [0.29, 0.717) is 5.56 Å². The Hall–Kier alpha value is -2.37. The summed E-state index contributed by atoms with van der Waals surface area (Å²) in [5, 5.41) is 2.63. The first-order chi connectivity index (χ1) is 11.5. The lowest BCUT2D eigenvalue weighted by Crippen LogP contribution is -2.42. The maximum atomic E-state index is 12.3. The van der Waals surface area contributed by atoms with Crippen molar-refractivity contribution in [3.8, 4) is 0 Å². The van der Waals surface area contributed by atoms with Crippen LogP contribution < -0.4 is 5.32 Å². The molecule has 0 fully saturated rings. The van der Waals surface area contributed by atoms with E-state index in [-0.39, 0.29) is 32.0 Å². The van der Waals surface area contributed by atoms with E-state index in [9.17, 15) is 14.4 Å². The van der Waals surface area contributed by atoms with Gasteiger partial charge in [0.15, 0.2) is 0 Å². The normalized spacial score (nSPS) is 11.5. The molecule has 1 aromatic rings. The van der Waals surface area contributed by atoms with Crippen molar-refractivity contribution in [3.05, 3.63) is 35.4 Å². The highest BCUT2D eigenvalue weighted by atomic mass is 16.5. The fraction of sp³-hybridized carbons (Fsp3) is 0.500. The maximum Gasteiger partial charge on any atom is 0.328 e. The fourth-order valence-corrected chi connectivity index (χ4v) is 2.12. The Kier molecular flexibility index (Phi) is 8.54. The lowest BCUT2D eigenvalue weighted by molar-refractivity contribution is -0.146. The molecule has 0 aliphatic carbocycles. The molecule has 1 N–H and O–H groups in total.